The minimum atomic E-state index is 0.996. The van der Waals surface area contributed by atoms with E-state index in [-0.39, 0.29) is 0 Å². The molecule has 1 aromatic heterocycles. The standard InChI is InChI=1S/C14H27N5/c1-3-6-19-13-14(11-16-19)12-17(2)9-10-18-7-4-15-5-8-18/h11,13,15H,3-10,12H2,1-2H3. The molecule has 1 N–H and O–H groups in total. The van der Waals surface area contributed by atoms with E-state index in [1.807, 2.05) is 10.9 Å². The smallest absolute Gasteiger partial charge is 0.0534 e. The Morgan fingerprint density at radius 2 is 2.11 bits per heavy atom. The predicted octanol–water partition coefficient (Wildman–Crippen LogP) is 0.630. The number of aryl methyl sites for hydroxylation is 1. The van der Waals surface area contributed by atoms with Crippen LogP contribution in [-0.2, 0) is 13.1 Å². The lowest BCUT2D eigenvalue weighted by Crippen LogP contribution is -2.45. The molecule has 0 radical (unpaired) electrons. The summed E-state index contributed by atoms with van der Waals surface area (Å²) in [6, 6.07) is 0. The summed E-state index contributed by atoms with van der Waals surface area (Å²) in [5, 5.41) is 7.77. The van der Waals surface area contributed by atoms with Crippen molar-refractivity contribution in [2.45, 2.75) is 26.4 Å². The topological polar surface area (TPSA) is 36.3 Å². The lowest BCUT2D eigenvalue weighted by molar-refractivity contribution is 0.202. The fourth-order valence-electron chi connectivity index (χ4n) is 2.48. The summed E-state index contributed by atoms with van der Waals surface area (Å²) in [5.41, 5.74) is 1.32. The molecule has 0 aromatic carbocycles. The van der Waals surface area contributed by atoms with E-state index >= 15 is 0 Å². The second kappa shape index (κ2) is 7.62. The van der Waals surface area contributed by atoms with Gasteiger partial charge in [0.1, 0.15) is 0 Å². The first-order valence-corrected chi connectivity index (χ1v) is 7.41. The van der Waals surface area contributed by atoms with Crippen molar-refractivity contribution < 1.29 is 0 Å². The monoisotopic (exact) mass is 265 g/mol. The van der Waals surface area contributed by atoms with Crippen molar-refractivity contribution in [2.24, 2.45) is 0 Å². The number of hydrogen-bond donors (Lipinski definition) is 1. The Bertz CT molecular complexity index is 356. The second-order valence-electron chi connectivity index (χ2n) is 5.44. The van der Waals surface area contributed by atoms with Gasteiger partial charge in [0.2, 0.25) is 0 Å². The molecule has 1 aromatic rings. The summed E-state index contributed by atoms with van der Waals surface area (Å²) in [5.74, 6) is 0. The van der Waals surface area contributed by atoms with E-state index in [2.05, 4.69) is 40.4 Å². The van der Waals surface area contributed by atoms with E-state index in [1.54, 1.807) is 0 Å². The van der Waals surface area contributed by atoms with Crippen LogP contribution < -0.4 is 5.32 Å². The number of likely N-dealkylation sites (N-methyl/N-ethyl adjacent to an activating group) is 1. The highest BCUT2D eigenvalue weighted by molar-refractivity contribution is 5.03. The average Bonchev–Trinajstić information content (AvgIpc) is 2.85. The van der Waals surface area contributed by atoms with Crippen LogP contribution in [0.25, 0.3) is 0 Å². The van der Waals surface area contributed by atoms with Gasteiger partial charge in [-0.25, -0.2) is 0 Å². The Kier molecular flexibility index (Phi) is 5.82. The Labute approximate surface area is 116 Å². The van der Waals surface area contributed by atoms with E-state index in [4.69, 9.17) is 0 Å². The molecule has 5 heteroatoms. The van der Waals surface area contributed by atoms with Crippen LogP contribution in [0, 0.1) is 0 Å². The third kappa shape index (κ3) is 4.93. The molecule has 108 valence electrons. The van der Waals surface area contributed by atoms with Crippen LogP contribution in [0.4, 0.5) is 0 Å². The molecule has 1 aliphatic heterocycles. The SMILES string of the molecule is CCCn1cc(CN(C)CCN2CCNCC2)cn1. The van der Waals surface area contributed by atoms with Crippen molar-refractivity contribution in [3.63, 3.8) is 0 Å². The van der Waals surface area contributed by atoms with Crippen molar-refractivity contribution in [1.29, 1.82) is 0 Å². The molecule has 0 saturated carbocycles. The van der Waals surface area contributed by atoms with Gasteiger partial charge in [-0.3, -0.25) is 9.58 Å². The first-order valence-electron chi connectivity index (χ1n) is 7.41. The predicted molar refractivity (Wildman–Crippen MR) is 78.2 cm³/mol. The van der Waals surface area contributed by atoms with Crippen LogP contribution in [0.15, 0.2) is 12.4 Å². The Morgan fingerprint density at radius 1 is 1.32 bits per heavy atom. The number of aromatic nitrogens is 2. The number of hydrogen-bond acceptors (Lipinski definition) is 4. The molecule has 0 unspecified atom stereocenters. The van der Waals surface area contributed by atoms with Gasteiger partial charge >= 0.3 is 0 Å². The quantitative estimate of drug-likeness (QED) is 0.784. The Morgan fingerprint density at radius 3 is 2.84 bits per heavy atom. The highest BCUT2D eigenvalue weighted by atomic mass is 15.3. The van der Waals surface area contributed by atoms with Gasteiger partial charge in [0.15, 0.2) is 0 Å². The summed E-state index contributed by atoms with van der Waals surface area (Å²) < 4.78 is 2.04. The molecule has 0 spiro atoms. The maximum absolute atomic E-state index is 4.38. The third-order valence-corrected chi connectivity index (χ3v) is 3.60. The fraction of sp³-hybridized carbons (Fsp3) is 0.786. The molecule has 1 aliphatic rings. The molecule has 0 amide bonds. The first-order chi connectivity index (χ1) is 9.28. The highest BCUT2D eigenvalue weighted by Crippen LogP contribution is 2.03. The van der Waals surface area contributed by atoms with Crippen LogP contribution in [0.1, 0.15) is 18.9 Å². The largest absolute Gasteiger partial charge is 0.314 e. The average molecular weight is 265 g/mol. The van der Waals surface area contributed by atoms with Crippen LogP contribution in [0.2, 0.25) is 0 Å². The third-order valence-electron chi connectivity index (χ3n) is 3.60. The highest BCUT2D eigenvalue weighted by Gasteiger charge is 2.10. The van der Waals surface area contributed by atoms with Crippen molar-refractivity contribution in [3.8, 4) is 0 Å². The van der Waals surface area contributed by atoms with Gasteiger partial charge in [-0.2, -0.15) is 5.10 Å². The minimum absolute atomic E-state index is 0.996. The molecule has 1 saturated heterocycles. The maximum atomic E-state index is 4.38. The van der Waals surface area contributed by atoms with E-state index in [9.17, 15) is 0 Å². The normalized spacial score (nSPS) is 17.2. The van der Waals surface area contributed by atoms with Crippen LogP contribution in [-0.4, -0.2) is 65.9 Å². The van der Waals surface area contributed by atoms with Crippen LogP contribution in [0.5, 0.6) is 0 Å². The molecule has 0 bridgehead atoms. The first kappa shape index (κ1) is 14.5. The minimum Gasteiger partial charge on any atom is -0.314 e. The zero-order chi connectivity index (χ0) is 13.5. The summed E-state index contributed by atoms with van der Waals surface area (Å²) in [7, 11) is 2.19. The van der Waals surface area contributed by atoms with Gasteiger partial charge in [-0.1, -0.05) is 6.92 Å². The van der Waals surface area contributed by atoms with Crippen molar-refractivity contribution in [1.82, 2.24) is 24.9 Å². The molecule has 0 aliphatic carbocycles. The lowest BCUT2D eigenvalue weighted by Gasteiger charge is -2.28. The summed E-state index contributed by atoms with van der Waals surface area (Å²) >= 11 is 0. The van der Waals surface area contributed by atoms with Gasteiger partial charge < -0.3 is 10.2 Å². The molecule has 19 heavy (non-hydrogen) atoms. The van der Waals surface area contributed by atoms with Gasteiger partial charge in [0, 0.05) is 64.1 Å². The van der Waals surface area contributed by atoms with Crippen LogP contribution in [0.3, 0.4) is 0 Å². The van der Waals surface area contributed by atoms with E-state index in [0.29, 0.717) is 0 Å². The van der Waals surface area contributed by atoms with Gasteiger partial charge in [-0.15, -0.1) is 0 Å². The summed E-state index contributed by atoms with van der Waals surface area (Å²) in [6.45, 7) is 11.1. The fourth-order valence-corrected chi connectivity index (χ4v) is 2.48. The molecule has 0 atom stereocenters. The Balaban J connectivity index is 1.69. The van der Waals surface area contributed by atoms with E-state index in [1.165, 1.54) is 25.2 Å². The van der Waals surface area contributed by atoms with Crippen LogP contribution >= 0.6 is 0 Å². The van der Waals surface area contributed by atoms with E-state index in [0.717, 1.165) is 39.1 Å². The molecular weight excluding hydrogens is 238 g/mol. The number of nitrogens with one attached hydrogen (secondary N) is 1. The maximum Gasteiger partial charge on any atom is 0.0534 e. The lowest BCUT2D eigenvalue weighted by atomic mass is 10.3. The van der Waals surface area contributed by atoms with Gasteiger partial charge in [0.05, 0.1) is 6.20 Å². The number of piperazine rings is 1. The molecule has 1 fully saturated rings. The van der Waals surface area contributed by atoms with Crippen molar-refractivity contribution >= 4 is 0 Å². The molecule has 2 rings (SSSR count). The molecule has 2 heterocycles. The van der Waals surface area contributed by atoms with Crippen molar-refractivity contribution in [2.75, 3.05) is 46.3 Å². The second-order valence-corrected chi connectivity index (χ2v) is 5.44. The van der Waals surface area contributed by atoms with Crippen molar-refractivity contribution in [3.05, 3.63) is 18.0 Å². The van der Waals surface area contributed by atoms with Gasteiger partial charge in [-0.05, 0) is 13.5 Å². The zero-order valence-corrected chi connectivity index (χ0v) is 12.3. The van der Waals surface area contributed by atoms with Gasteiger partial charge in [0.25, 0.3) is 0 Å². The summed E-state index contributed by atoms with van der Waals surface area (Å²) in [4.78, 5) is 4.92. The zero-order valence-electron chi connectivity index (χ0n) is 12.3. The number of rotatable bonds is 7. The number of nitrogens with zero attached hydrogens (tertiary/aromatic N) is 4. The Hall–Kier alpha value is -0.910. The molecule has 5 nitrogen and oxygen atoms in total. The molecular formula is C14H27N5. The summed E-state index contributed by atoms with van der Waals surface area (Å²) in [6.07, 6.45) is 5.31. The van der Waals surface area contributed by atoms with E-state index < -0.39 is 0 Å².